The highest BCUT2D eigenvalue weighted by molar-refractivity contribution is 14.1. The molecule has 1 atom stereocenters. The maximum Gasteiger partial charge on any atom is 0.0515 e. The fraction of sp³-hybridized carbons (Fsp3) is 0.800. The van der Waals surface area contributed by atoms with Crippen LogP contribution < -0.4 is 5.32 Å². The van der Waals surface area contributed by atoms with E-state index in [0.717, 1.165) is 25.1 Å². The molecule has 0 saturated heterocycles. The summed E-state index contributed by atoms with van der Waals surface area (Å²) in [7, 11) is 0. The first-order chi connectivity index (χ1) is 6.16. The molecule has 0 aromatic carbocycles. The second-order valence-electron chi connectivity index (χ2n) is 3.31. The van der Waals surface area contributed by atoms with Crippen LogP contribution in [0, 0.1) is 0 Å². The van der Waals surface area contributed by atoms with Gasteiger partial charge in [0.2, 0.25) is 0 Å². The Morgan fingerprint density at radius 2 is 2.23 bits per heavy atom. The molecular weight excluding hydrogens is 277 g/mol. The maximum atomic E-state index is 9.04. The predicted molar refractivity (Wildman–Crippen MR) is 66.2 cm³/mol. The van der Waals surface area contributed by atoms with Crippen LogP contribution in [0.5, 0.6) is 0 Å². The van der Waals surface area contributed by atoms with E-state index >= 15 is 0 Å². The van der Waals surface area contributed by atoms with Gasteiger partial charge in [0.1, 0.15) is 0 Å². The van der Waals surface area contributed by atoms with Crippen LogP contribution in [0.1, 0.15) is 32.6 Å². The molecule has 0 aromatic heterocycles. The van der Waals surface area contributed by atoms with Gasteiger partial charge >= 0.3 is 0 Å². The number of halogens is 1. The van der Waals surface area contributed by atoms with E-state index < -0.39 is 0 Å². The van der Waals surface area contributed by atoms with Gasteiger partial charge in [-0.2, -0.15) is 0 Å². The zero-order valence-electron chi connectivity index (χ0n) is 8.35. The normalized spacial score (nSPS) is 12.5. The van der Waals surface area contributed by atoms with Crippen LogP contribution in [0.4, 0.5) is 0 Å². The van der Waals surface area contributed by atoms with Crippen LogP contribution in [0.2, 0.25) is 0 Å². The minimum absolute atomic E-state index is 0.215. The van der Waals surface area contributed by atoms with Crippen LogP contribution in [0.15, 0.2) is 12.3 Å². The molecule has 1 unspecified atom stereocenters. The summed E-state index contributed by atoms with van der Waals surface area (Å²) in [6, 6.07) is 0. The molecule has 2 nitrogen and oxygen atoms in total. The Kier molecular flexibility index (Phi) is 8.97. The Balaban J connectivity index is 3.20. The van der Waals surface area contributed by atoms with Crippen LogP contribution in [0.3, 0.4) is 0 Å². The molecule has 0 bridgehead atoms. The molecule has 0 spiro atoms. The van der Waals surface area contributed by atoms with E-state index in [-0.39, 0.29) is 6.10 Å². The van der Waals surface area contributed by atoms with Crippen molar-refractivity contribution in [2.75, 3.05) is 11.0 Å². The summed E-state index contributed by atoms with van der Waals surface area (Å²) in [5, 5.41) is 12.3. The number of aliphatic hydroxyl groups is 1. The van der Waals surface area contributed by atoms with Crippen LogP contribution in [-0.4, -0.2) is 22.2 Å². The third-order valence-corrected chi connectivity index (χ3v) is 2.56. The lowest BCUT2D eigenvalue weighted by Gasteiger charge is -2.09. The van der Waals surface area contributed by atoms with Gasteiger partial charge in [0.25, 0.3) is 0 Å². The summed E-state index contributed by atoms with van der Waals surface area (Å²) in [5.74, 6) is 0. The van der Waals surface area contributed by atoms with Gasteiger partial charge in [0.15, 0.2) is 0 Å². The highest BCUT2D eigenvalue weighted by Crippen LogP contribution is 2.02. The second kappa shape index (κ2) is 8.81. The number of hydrogen-bond acceptors (Lipinski definition) is 2. The quantitative estimate of drug-likeness (QED) is 0.410. The fourth-order valence-corrected chi connectivity index (χ4v) is 1.50. The summed E-state index contributed by atoms with van der Waals surface area (Å²) in [4.78, 5) is 0. The molecular formula is C10H20INO. The minimum Gasteiger partial charge on any atom is -0.393 e. The van der Waals surface area contributed by atoms with E-state index in [9.17, 15) is 0 Å². The predicted octanol–water partition coefficient (Wildman–Crippen LogP) is 2.47. The SMILES string of the molecule is C=C(CCC(C)O)NCCCCI. The average molecular weight is 297 g/mol. The van der Waals surface area contributed by atoms with E-state index in [0.29, 0.717) is 0 Å². The molecule has 13 heavy (non-hydrogen) atoms. The van der Waals surface area contributed by atoms with Crippen LogP contribution in [-0.2, 0) is 0 Å². The first-order valence-corrected chi connectivity index (χ1v) is 6.35. The number of rotatable bonds is 8. The first kappa shape index (κ1) is 13.2. The largest absolute Gasteiger partial charge is 0.393 e. The molecule has 0 amide bonds. The summed E-state index contributed by atoms with van der Waals surface area (Å²) in [6.07, 6.45) is 3.93. The van der Waals surface area contributed by atoms with Gasteiger partial charge in [-0.05, 0) is 37.0 Å². The molecule has 0 fully saturated rings. The Morgan fingerprint density at radius 1 is 1.54 bits per heavy atom. The third kappa shape index (κ3) is 10.1. The number of aliphatic hydroxyl groups excluding tert-OH is 1. The molecule has 0 saturated carbocycles. The number of alkyl halides is 1. The monoisotopic (exact) mass is 297 g/mol. The van der Waals surface area contributed by atoms with E-state index in [1.165, 1.54) is 17.3 Å². The topological polar surface area (TPSA) is 32.3 Å². The Bertz CT molecular complexity index is 137. The van der Waals surface area contributed by atoms with Gasteiger partial charge in [-0.25, -0.2) is 0 Å². The Labute approximate surface area is 94.9 Å². The van der Waals surface area contributed by atoms with Crippen molar-refractivity contribution in [3.63, 3.8) is 0 Å². The van der Waals surface area contributed by atoms with E-state index in [1.807, 2.05) is 6.92 Å². The number of nitrogens with one attached hydrogen (secondary N) is 1. The second-order valence-corrected chi connectivity index (χ2v) is 4.39. The van der Waals surface area contributed by atoms with E-state index in [1.54, 1.807) is 0 Å². The molecule has 78 valence electrons. The highest BCUT2D eigenvalue weighted by Gasteiger charge is 1.97. The van der Waals surface area contributed by atoms with Crippen molar-refractivity contribution in [1.29, 1.82) is 0 Å². The summed E-state index contributed by atoms with van der Waals surface area (Å²) >= 11 is 2.39. The number of allylic oxidation sites excluding steroid dienone is 1. The Hall–Kier alpha value is 0.230. The fourth-order valence-electron chi connectivity index (χ4n) is 0.956. The molecule has 0 aliphatic heterocycles. The van der Waals surface area contributed by atoms with Gasteiger partial charge in [0, 0.05) is 12.2 Å². The van der Waals surface area contributed by atoms with Gasteiger partial charge in [-0.1, -0.05) is 29.2 Å². The van der Waals surface area contributed by atoms with Crippen molar-refractivity contribution in [1.82, 2.24) is 5.32 Å². The molecule has 0 aliphatic rings. The van der Waals surface area contributed by atoms with Crippen LogP contribution >= 0.6 is 22.6 Å². The van der Waals surface area contributed by atoms with Gasteiger partial charge in [0.05, 0.1) is 6.10 Å². The first-order valence-electron chi connectivity index (χ1n) is 4.82. The maximum absolute atomic E-state index is 9.04. The van der Waals surface area contributed by atoms with Crippen molar-refractivity contribution in [2.45, 2.75) is 38.7 Å². The van der Waals surface area contributed by atoms with Crippen molar-refractivity contribution >= 4 is 22.6 Å². The average Bonchev–Trinajstić information content (AvgIpc) is 2.09. The van der Waals surface area contributed by atoms with Gasteiger partial charge in [-0.3, -0.25) is 0 Å². The van der Waals surface area contributed by atoms with Crippen molar-refractivity contribution in [3.8, 4) is 0 Å². The smallest absolute Gasteiger partial charge is 0.0515 e. The number of hydrogen-bond donors (Lipinski definition) is 2. The molecule has 0 radical (unpaired) electrons. The van der Waals surface area contributed by atoms with Crippen molar-refractivity contribution in [2.24, 2.45) is 0 Å². The zero-order valence-corrected chi connectivity index (χ0v) is 10.5. The lowest BCUT2D eigenvalue weighted by atomic mass is 10.2. The Morgan fingerprint density at radius 3 is 2.77 bits per heavy atom. The summed E-state index contributed by atoms with van der Waals surface area (Å²) < 4.78 is 1.22. The third-order valence-electron chi connectivity index (χ3n) is 1.80. The van der Waals surface area contributed by atoms with Crippen molar-refractivity contribution in [3.05, 3.63) is 12.3 Å². The summed E-state index contributed by atoms with van der Waals surface area (Å²) in [6.45, 7) is 6.72. The molecule has 0 rings (SSSR count). The van der Waals surface area contributed by atoms with Crippen molar-refractivity contribution < 1.29 is 5.11 Å². The van der Waals surface area contributed by atoms with Gasteiger partial charge in [-0.15, -0.1) is 0 Å². The molecule has 0 heterocycles. The van der Waals surface area contributed by atoms with E-state index in [2.05, 4.69) is 34.5 Å². The highest BCUT2D eigenvalue weighted by atomic mass is 127. The van der Waals surface area contributed by atoms with Gasteiger partial charge < -0.3 is 10.4 Å². The van der Waals surface area contributed by atoms with Crippen LogP contribution in [0.25, 0.3) is 0 Å². The minimum atomic E-state index is -0.215. The zero-order chi connectivity index (χ0) is 10.1. The molecule has 3 heteroatoms. The molecule has 0 aromatic rings. The molecule has 0 aliphatic carbocycles. The molecule has 2 N–H and O–H groups in total. The standard InChI is InChI=1S/C10H20INO/c1-9(5-6-10(2)13)12-8-4-3-7-11/h10,12-13H,1,3-8H2,2H3. The number of unbranched alkanes of at least 4 members (excludes halogenated alkanes) is 1. The lowest BCUT2D eigenvalue weighted by Crippen LogP contribution is -2.15. The van der Waals surface area contributed by atoms with E-state index in [4.69, 9.17) is 5.11 Å². The summed E-state index contributed by atoms with van der Waals surface area (Å²) in [5.41, 5.74) is 1.05. The lowest BCUT2D eigenvalue weighted by molar-refractivity contribution is 0.184.